The van der Waals surface area contributed by atoms with Crippen molar-refractivity contribution in [1.82, 2.24) is 10.2 Å². The molecule has 0 aromatic heterocycles. The maximum atomic E-state index is 12.0. The van der Waals surface area contributed by atoms with Crippen molar-refractivity contribution < 1.29 is 9.59 Å². The molecule has 1 rings (SSSR count). The summed E-state index contributed by atoms with van der Waals surface area (Å²) in [5.74, 6) is 0.246. The van der Waals surface area contributed by atoms with Gasteiger partial charge in [0.25, 0.3) is 0 Å². The highest BCUT2D eigenvalue weighted by molar-refractivity contribution is 5.85. The number of nitrogens with zero attached hydrogens (tertiary/aromatic N) is 1. The Kier molecular flexibility index (Phi) is 5.59. The summed E-state index contributed by atoms with van der Waals surface area (Å²) in [6.07, 6.45) is 2.61. The van der Waals surface area contributed by atoms with Crippen molar-refractivity contribution in [2.24, 2.45) is 17.6 Å². The van der Waals surface area contributed by atoms with E-state index in [0.717, 1.165) is 19.3 Å². The lowest BCUT2D eigenvalue weighted by molar-refractivity contribution is -0.134. The number of nitrogens with two attached hydrogens (primary N) is 1. The van der Waals surface area contributed by atoms with Crippen molar-refractivity contribution >= 4 is 11.8 Å². The lowest BCUT2D eigenvalue weighted by atomic mass is 9.78. The van der Waals surface area contributed by atoms with E-state index >= 15 is 0 Å². The Balaban J connectivity index is 2.39. The lowest BCUT2D eigenvalue weighted by Gasteiger charge is -2.31. The summed E-state index contributed by atoms with van der Waals surface area (Å²) in [5.41, 5.74) is 5.87. The molecule has 0 aliphatic heterocycles. The molecular weight excluding hydrogens is 230 g/mol. The first-order valence-electron chi connectivity index (χ1n) is 6.73. The van der Waals surface area contributed by atoms with Crippen LogP contribution in [0, 0.1) is 11.8 Å². The van der Waals surface area contributed by atoms with Gasteiger partial charge in [0, 0.05) is 25.6 Å². The van der Waals surface area contributed by atoms with Crippen LogP contribution in [-0.2, 0) is 9.59 Å². The van der Waals surface area contributed by atoms with Crippen LogP contribution in [0.2, 0.25) is 0 Å². The Labute approximate surface area is 109 Å². The minimum absolute atomic E-state index is 0.00420. The van der Waals surface area contributed by atoms with E-state index in [1.54, 1.807) is 11.9 Å². The predicted molar refractivity (Wildman–Crippen MR) is 70.8 cm³/mol. The number of nitrogens with one attached hydrogen (secondary N) is 1. The summed E-state index contributed by atoms with van der Waals surface area (Å²) in [4.78, 5) is 25.2. The first kappa shape index (κ1) is 15.0. The minimum atomic E-state index is -0.0500. The Morgan fingerprint density at radius 3 is 2.61 bits per heavy atom. The highest BCUT2D eigenvalue weighted by Gasteiger charge is 2.30. The molecule has 1 saturated carbocycles. The molecule has 1 fully saturated rings. The normalized spacial score (nSPS) is 27.7. The zero-order valence-electron chi connectivity index (χ0n) is 11.6. The van der Waals surface area contributed by atoms with Gasteiger partial charge in [-0.05, 0) is 32.1 Å². The van der Waals surface area contributed by atoms with Gasteiger partial charge in [-0.25, -0.2) is 0 Å². The van der Waals surface area contributed by atoms with Crippen LogP contribution in [-0.4, -0.2) is 42.9 Å². The Morgan fingerprint density at radius 1 is 1.39 bits per heavy atom. The standard InChI is InChI=1S/C13H25N3O2/c1-4-16(3)12(17)8-15-13(18)11-6-5-10(14)7-9(11)2/h9-11H,4-8,14H2,1-3H3,(H,15,18). The molecule has 1 aliphatic rings. The average molecular weight is 255 g/mol. The van der Waals surface area contributed by atoms with E-state index < -0.39 is 0 Å². The fourth-order valence-electron chi connectivity index (χ4n) is 2.43. The molecular formula is C13H25N3O2. The molecule has 104 valence electrons. The maximum Gasteiger partial charge on any atom is 0.241 e. The SMILES string of the molecule is CCN(C)C(=O)CNC(=O)C1CCC(N)CC1C. The van der Waals surface area contributed by atoms with Crippen LogP contribution in [0.15, 0.2) is 0 Å². The second-order valence-corrected chi connectivity index (χ2v) is 5.28. The van der Waals surface area contributed by atoms with Crippen molar-refractivity contribution in [3.05, 3.63) is 0 Å². The molecule has 3 N–H and O–H groups in total. The fraction of sp³-hybridized carbons (Fsp3) is 0.846. The average Bonchev–Trinajstić information content (AvgIpc) is 2.34. The third-order valence-electron chi connectivity index (χ3n) is 3.86. The number of amides is 2. The summed E-state index contributed by atoms with van der Waals surface area (Å²) in [6, 6.07) is 0.219. The molecule has 1 aliphatic carbocycles. The number of hydrogen-bond acceptors (Lipinski definition) is 3. The second kappa shape index (κ2) is 6.73. The first-order chi connectivity index (χ1) is 8.45. The molecule has 3 unspecified atom stereocenters. The molecule has 0 aromatic carbocycles. The zero-order valence-corrected chi connectivity index (χ0v) is 11.6. The van der Waals surface area contributed by atoms with E-state index in [2.05, 4.69) is 12.2 Å². The maximum absolute atomic E-state index is 12.0. The summed E-state index contributed by atoms with van der Waals surface area (Å²) >= 11 is 0. The van der Waals surface area contributed by atoms with Crippen LogP contribution in [0.1, 0.15) is 33.1 Å². The fourth-order valence-corrected chi connectivity index (χ4v) is 2.43. The van der Waals surface area contributed by atoms with E-state index in [-0.39, 0.29) is 30.3 Å². The van der Waals surface area contributed by atoms with Gasteiger partial charge < -0.3 is 16.0 Å². The van der Waals surface area contributed by atoms with Gasteiger partial charge in [-0.2, -0.15) is 0 Å². The van der Waals surface area contributed by atoms with Gasteiger partial charge in [-0.15, -0.1) is 0 Å². The third-order valence-corrected chi connectivity index (χ3v) is 3.86. The molecule has 5 heteroatoms. The topological polar surface area (TPSA) is 75.4 Å². The minimum Gasteiger partial charge on any atom is -0.347 e. The zero-order chi connectivity index (χ0) is 13.7. The van der Waals surface area contributed by atoms with Crippen molar-refractivity contribution in [2.75, 3.05) is 20.1 Å². The highest BCUT2D eigenvalue weighted by atomic mass is 16.2. The second-order valence-electron chi connectivity index (χ2n) is 5.28. The molecule has 0 aromatic rings. The molecule has 0 radical (unpaired) electrons. The molecule has 2 amide bonds. The molecule has 0 saturated heterocycles. The van der Waals surface area contributed by atoms with Gasteiger partial charge in [0.15, 0.2) is 0 Å². The number of likely N-dealkylation sites (N-methyl/N-ethyl adjacent to an activating group) is 1. The molecule has 0 bridgehead atoms. The van der Waals surface area contributed by atoms with Gasteiger partial charge in [-0.3, -0.25) is 9.59 Å². The van der Waals surface area contributed by atoms with E-state index in [9.17, 15) is 9.59 Å². The van der Waals surface area contributed by atoms with Gasteiger partial charge in [0.05, 0.1) is 6.54 Å². The first-order valence-corrected chi connectivity index (χ1v) is 6.73. The van der Waals surface area contributed by atoms with Crippen LogP contribution in [0.3, 0.4) is 0 Å². The summed E-state index contributed by atoms with van der Waals surface area (Å²) in [5, 5.41) is 2.74. The van der Waals surface area contributed by atoms with Crippen LogP contribution in [0.5, 0.6) is 0 Å². The van der Waals surface area contributed by atoms with Gasteiger partial charge >= 0.3 is 0 Å². The van der Waals surface area contributed by atoms with E-state index in [1.807, 2.05) is 6.92 Å². The largest absolute Gasteiger partial charge is 0.347 e. The third kappa shape index (κ3) is 3.98. The number of hydrogen-bond donors (Lipinski definition) is 2. The summed E-state index contributed by atoms with van der Waals surface area (Å²) in [6.45, 7) is 4.72. The molecule has 0 heterocycles. The van der Waals surface area contributed by atoms with Crippen LogP contribution in [0.4, 0.5) is 0 Å². The quantitative estimate of drug-likeness (QED) is 0.761. The number of carbonyl (C=O) groups excluding carboxylic acids is 2. The van der Waals surface area contributed by atoms with E-state index in [1.165, 1.54) is 0 Å². The predicted octanol–water partition coefficient (Wildman–Crippen LogP) is 0.344. The van der Waals surface area contributed by atoms with Crippen LogP contribution < -0.4 is 11.1 Å². The monoisotopic (exact) mass is 255 g/mol. The van der Waals surface area contributed by atoms with E-state index in [4.69, 9.17) is 5.73 Å². The number of rotatable bonds is 4. The van der Waals surface area contributed by atoms with Gasteiger partial charge in [0.2, 0.25) is 11.8 Å². The molecule has 18 heavy (non-hydrogen) atoms. The van der Waals surface area contributed by atoms with Crippen LogP contribution >= 0.6 is 0 Å². The highest BCUT2D eigenvalue weighted by Crippen LogP contribution is 2.29. The smallest absolute Gasteiger partial charge is 0.241 e. The summed E-state index contributed by atoms with van der Waals surface area (Å²) < 4.78 is 0. The Morgan fingerprint density at radius 2 is 2.06 bits per heavy atom. The van der Waals surface area contributed by atoms with Crippen molar-refractivity contribution in [3.8, 4) is 0 Å². The Bertz CT molecular complexity index is 307. The van der Waals surface area contributed by atoms with Crippen molar-refractivity contribution in [3.63, 3.8) is 0 Å². The molecule has 3 atom stereocenters. The molecule has 0 spiro atoms. The van der Waals surface area contributed by atoms with Crippen LogP contribution in [0.25, 0.3) is 0 Å². The lowest BCUT2D eigenvalue weighted by Crippen LogP contribution is -2.44. The van der Waals surface area contributed by atoms with Crippen molar-refractivity contribution in [2.45, 2.75) is 39.2 Å². The summed E-state index contributed by atoms with van der Waals surface area (Å²) in [7, 11) is 1.73. The van der Waals surface area contributed by atoms with Gasteiger partial charge in [0.1, 0.15) is 0 Å². The van der Waals surface area contributed by atoms with E-state index in [0.29, 0.717) is 12.5 Å². The number of carbonyl (C=O) groups is 2. The molecule has 5 nitrogen and oxygen atoms in total. The Hall–Kier alpha value is -1.10. The van der Waals surface area contributed by atoms with Crippen molar-refractivity contribution in [1.29, 1.82) is 0 Å². The van der Waals surface area contributed by atoms with Gasteiger partial charge in [-0.1, -0.05) is 6.92 Å².